The molecule has 1 N–H and O–H groups in total. The first kappa shape index (κ1) is 19.0. The number of carbonyl (C=O) groups excluding carboxylic acids is 1. The number of alkyl carbamates (subject to hydrolysis) is 1. The lowest BCUT2D eigenvalue weighted by Crippen LogP contribution is -2.26. The highest BCUT2D eigenvalue weighted by molar-refractivity contribution is 6.30. The first-order chi connectivity index (χ1) is 14.1. The molecule has 144 valence electrons. The Morgan fingerprint density at radius 3 is 2.45 bits per heavy atom. The molecule has 6 heteroatoms. The highest BCUT2D eigenvalue weighted by Crippen LogP contribution is 2.44. The summed E-state index contributed by atoms with van der Waals surface area (Å²) in [4.78, 5) is 15.8. The third kappa shape index (κ3) is 4.08. The minimum Gasteiger partial charge on any atom is -0.449 e. The van der Waals surface area contributed by atoms with Crippen molar-refractivity contribution in [2.75, 3.05) is 13.2 Å². The number of hydrogen-bond donors (Lipinski definition) is 1. The highest BCUT2D eigenvalue weighted by Gasteiger charge is 2.28. The lowest BCUT2D eigenvalue weighted by atomic mass is 9.98. The Morgan fingerprint density at radius 1 is 1.14 bits per heavy atom. The Kier molecular flexibility index (Phi) is 5.46. The zero-order valence-corrected chi connectivity index (χ0v) is 16.0. The molecule has 0 aliphatic heterocycles. The minimum absolute atomic E-state index is 0.00778. The number of ether oxygens (including phenoxy) is 1. The van der Waals surface area contributed by atoms with Crippen LogP contribution in [0.2, 0.25) is 5.02 Å². The van der Waals surface area contributed by atoms with Gasteiger partial charge >= 0.3 is 6.09 Å². The van der Waals surface area contributed by atoms with Gasteiger partial charge in [0.1, 0.15) is 12.3 Å². The van der Waals surface area contributed by atoms with Crippen LogP contribution in [0, 0.1) is 17.7 Å². The van der Waals surface area contributed by atoms with Gasteiger partial charge in [0.15, 0.2) is 5.82 Å². The quantitative estimate of drug-likeness (QED) is 0.638. The number of fused-ring (bicyclic) bond motifs is 3. The normalized spacial score (nSPS) is 11.8. The molecule has 4 rings (SSSR count). The molecule has 0 spiro atoms. The van der Waals surface area contributed by atoms with E-state index in [9.17, 15) is 9.18 Å². The molecule has 1 amide bonds. The zero-order chi connectivity index (χ0) is 20.2. The predicted octanol–water partition coefficient (Wildman–Crippen LogP) is 4.76. The van der Waals surface area contributed by atoms with Crippen molar-refractivity contribution in [3.05, 3.63) is 88.5 Å². The Hall–Kier alpha value is -3.36. The molecule has 0 saturated heterocycles. The van der Waals surface area contributed by atoms with Crippen LogP contribution < -0.4 is 5.32 Å². The van der Waals surface area contributed by atoms with Gasteiger partial charge in [-0.1, -0.05) is 66.1 Å². The fourth-order valence-corrected chi connectivity index (χ4v) is 3.54. The van der Waals surface area contributed by atoms with E-state index in [1.807, 2.05) is 24.3 Å². The number of halogens is 2. The smallest absolute Gasteiger partial charge is 0.407 e. The number of benzene rings is 2. The van der Waals surface area contributed by atoms with Crippen molar-refractivity contribution >= 4 is 17.7 Å². The fourth-order valence-electron chi connectivity index (χ4n) is 3.40. The number of nitrogens with one attached hydrogen (secondary N) is 1. The van der Waals surface area contributed by atoms with E-state index in [2.05, 4.69) is 46.4 Å². The van der Waals surface area contributed by atoms with Crippen LogP contribution in [-0.2, 0) is 4.74 Å². The van der Waals surface area contributed by atoms with E-state index in [0.717, 1.165) is 17.2 Å². The largest absolute Gasteiger partial charge is 0.449 e. The summed E-state index contributed by atoms with van der Waals surface area (Å²) in [6.45, 7) is 0.237. The van der Waals surface area contributed by atoms with E-state index < -0.39 is 11.9 Å². The van der Waals surface area contributed by atoms with E-state index in [1.54, 1.807) is 0 Å². The van der Waals surface area contributed by atoms with E-state index in [1.165, 1.54) is 17.3 Å². The second-order valence-corrected chi connectivity index (χ2v) is 6.90. The van der Waals surface area contributed by atoms with Crippen molar-refractivity contribution in [1.82, 2.24) is 10.3 Å². The van der Waals surface area contributed by atoms with Gasteiger partial charge in [-0.3, -0.25) is 0 Å². The maximum atomic E-state index is 13.6. The van der Waals surface area contributed by atoms with Crippen LogP contribution in [0.3, 0.4) is 0 Å². The molecule has 1 aliphatic carbocycles. The average Bonchev–Trinajstić information content (AvgIpc) is 3.05. The van der Waals surface area contributed by atoms with Crippen molar-refractivity contribution in [2.24, 2.45) is 0 Å². The first-order valence-electron chi connectivity index (χ1n) is 9.02. The highest BCUT2D eigenvalue weighted by atomic mass is 35.5. The van der Waals surface area contributed by atoms with Gasteiger partial charge in [0.25, 0.3) is 0 Å². The van der Waals surface area contributed by atoms with Crippen LogP contribution in [0.1, 0.15) is 22.7 Å². The summed E-state index contributed by atoms with van der Waals surface area (Å²) in [6, 6.07) is 17.4. The first-order valence-corrected chi connectivity index (χ1v) is 9.40. The van der Waals surface area contributed by atoms with Gasteiger partial charge in [0.2, 0.25) is 0 Å². The molecule has 0 atom stereocenters. The van der Waals surface area contributed by atoms with Gasteiger partial charge in [-0.25, -0.2) is 14.2 Å². The van der Waals surface area contributed by atoms with Crippen molar-refractivity contribution in [3.63, 3.8) is 0 Å². The van der Waals surface area contributed by atoms with Gasteiger partial charge in [-0.05, 0) is 34.2 Å². The third-order valence-electron chi connectivity index (χ3n) is 4.68. The van der Waals surface area contributed by atoms with Crippen LogP contribution in [0.15, 0.2) is 60.8 Å². The molecular weight excluding hydrogens is 391 g/mol. The van der Waals surface area contributed by atoms with Crippen molar-refractivity contribution in [3.8, 4) is 23.0 Å². The Labute approximate surface area is 172 Å². The summed E-state index contributed by atoms with van der Waals surface area (Å²) in [5.74, 6) is 4.59. The van der Waals surface area contributed by atoms with Gasteiger partial charge < -0.3 is 10.1 Å². The standard InChI is InChI=1S/C23H16ClFN2O2/c24-15-12-21(25)22(27-13-15)10-5-11-26-23(28)29-14-20-18-8-3-1-6-16(18)17-7-2-4-9-19(17)20/h1-4,6-9,12-13,20H,11,14H2,(H,26,28). The molecule has 0 bridgehead atoms. The number of carbonyl (C=O) groups is 1. The van der Waals surface area contributed by atoms with Gasteiger partial charge in [0, 0.05) is 12.1 Å². The average molecular weight is 407 g/mol. The molecule has 2 aromatic carbocycles. The number of aromatic nitrogens is 1. The topological polar surface area (TPSA) is 51.2 Å². The molecule has 0 unspecified atom stereocenters. The summed E-state index contributed by atoms with van der Waals surface area (Å²) < 4.78 is 19.0. The maximum absolute atomic E-state index is 13.6. The summed E-state index contributed by atoms with van der Waals surface area (Å²) in [5.41, 5.74) is 4.60. The Bertz CT molecular complexity index is 1090. The van der Waals surface area contributed by atoms with Crippen LogP contribution in [0.4, 0.5) is 9.18 Å². The van der Waals surface area contributed by atoms with Crippen LogP contribution >= 0.6 is 11.6 Å². The summed E-state index contributed by atoms with van der Waals surface area (Å²) in [7, 11) is 0. The van der Waals surface area contributed by atoms with Gasteiger partial charge in [0.05, 0.1) is 11.6 Å². The second-order valence-electron chi connectivity index (χ2n) is 6.46. The van der Waals surface area contributed by atoms with Crippen LogP contribution in [-0.4, -0.2) is 24.2 Å². The van der Waals surface area contributed by atoms with E-state index in [0.29, 0.717) is 0 Å². The monoisotopic (exact) mass is 406 g/mol. The molecule has 1 heterocycles. The van der Waals surface area contributed by atoms with Crippen LogP contribution in [0.25, 0.3) is 11.1 Å². The Balaban J connectivity index is 1.35. The molecule has 4 nitrogen and oxygen atoms in total. The fraction of sp³-hybridized carbons (Fsp3) is 0.130. The molecule has 29 heavy (non-hydrogen) atoms. The number of rotatable bonds is 3. The number of amides is 1. The molecular formula is C23H16ClFN2O2. The van der Waals surface area contributed by atoms with E-state index >= 15 is 0 Å². The molecule has 1 aromatic heterocycles. The lowest BCUT2D eigenvalue weighted by Gasteiger charge is -2.14. The second kappa shape index (κ2) is 8.34. The Morgan fingerprint density at radius 2 is 1.79 bits per heavy atom. The van der Waals surface area contributed by atoms with Crippen molar-refractivity contribution in [2.45, 2.75) is 5.92 Å². The third-order valence-corrected chi connectivity index (χ3v) is 4.89. The van der Waals surface area contributed by atoms with Crippen molar-refractivity contribution < 1.29 is 13.9 Å². The SMILES string of the molecule is O=C(NCC#Cc1ncc(Cl)cc1F)OCC1c2ccccc2-c2ccccc21. The summed E-state index contributed by atoms with van der Waals surface area (Å²) in [5, 5.41) is 2.74. The molecule has 1 aliphatic rings. The van der Waals surface area contributed by atoms with E-state index in [4.69, 9.17) is 16.3 Å². The van der Waals surface area contributed by atoms with Crippen molar-refractivity contribution in [1.29, 1.82) is 0 Å². The van der Waals surface area contributed by atoms with E-state index in [-0.39, 0.29) is 29.8 Å². The minimum atomic E-state index is -0.605. The number of hydrogen-bond acceptors (Lipinski definition) is 3. The molecule has 3 aromatic rings. The molecule has 0 saturated carbocycles. The number of pyridine rings is 1. The molecule has 0 fully saturated rings. The summed E-state index contributed by atoms with van der Waals surface area (Å²) in [6.07, 6.45) is 0.735. The summed E-state index contributed by atoms with van der Waals surface area (Å²) >= 11 is 5.65. The molecule has 0 radical (unpaired) electrons. The van der Waals surface area contributed by atoms with Crippen LogP contribution in [0.5, 0.6) is 0 Å². The lowest BCUT2D eigenvalue weighted by molar-refractivity contribution is 0.144. The van der Waals surface area contributed by atoms with Gasteiger partial charge in [-0.15, -0.1) is 0 Å². The number of nitrogens with zero attached hydrogens (tertiary/aromatic N) is 1. The predicted molar refractivity (Wildman–Crippen MR) is 109 cm³/mol. The maximum Gasteiger partial charge on any atom is 0.407 e. The zero-order valence-electron chi connectivity index (χ0n) is 15.3. The van der Waals surface area contributed by atoms with Gasteiger partial charge in [-0.2, -0.15) is 0 Å².